The Kier molecular flexibility index (Phi) is 5.32. The van der Waals surface area contributed by atoms with E-state index in [0.29, 0.717) is 29.4 Å². The molecule has 0 saturated carbocycles. The summed E-state index contributed by atoms with van der Waals surface area (Å²) in [7, 11) is 7.78. The summed E-state index contributed by atoms with van der Waals surface area (Å²) in [5.74, 6) is 1.31. The number of nitrogens with one attached hydrogen (secondary N) is 1. The Morgan fingerprint density at radius 3 is 2.43 bits per heavy atom. The summed E-state index contributed by atoms with van der Waals surface area (Å²) in [5.41, 5.74) is 3.95. The van der Waals surface area contributed by atoms with Crippen LogP contribution in [0, 0.1) is 4.77 Å². The quantitative estimate of drug-likeness (QED) is 0.728. The number of rotatable bonds is 5. The molecule has 0 radical (unpaired) electrons. The van der Waals surface area contributed by atoms with E-state index in [4.69, 9.17) is 26.4 Å². The Hall–Kier alpha value is -3.01. The van der Waals surface area contributed by atoms with Gasteiger partial charge in [0.05, 0.1) is 33.1 Å². The molecule has 0 aliphatic carbocycles. The Labute approximate surface area is 166 Å². The molecule has 28 heavy (non-hydrogen) atoms. The third kappa shape index (κ3) is 2.99. The molecule has 1 aliphatic heterocycles. The number of methoxy groups -OCH3 is 3. The smallest absolute Gasteiger partial charge is 0.267 e. The van der Waals surface area contributed by atoms with Gasteiger partial charge in [0.2, 0.25) is 11.6 Å². The summed E-state index contributed by atoms with van der Waals surface area (Å²) < 4.78 is 19.2. The summed E-state index contributed by atoms with van der Waals surface area (Å²) in [6.45, 7) is 0. The van der Waals surface area contributed by atoms with Crippen LogP contribution in [0.4, 0.5) is 0 Å². The second kappa shape index (κ2) is 7.55. The lowest BCUT2D eigenvalue weighted by Gasteiger charge is -2.19. The molecule has 9 nitrogen and oxygen atoms in total. The molecular formula is C18H22N4O5S. The second-order valence-corrected chi connectivity index (χ2v) is 6.64. The van der Waals surface area contributed by atoms with E-state index in [1.807, 2.05) is 6.07 Å². The van der Waals surface area contributed by atoms with Crippen molar-refractivity contribution in [2.24, 2.45) is 19.2 Å². The summed E-state index contributed by atoms with van der Waals surface area (Å²) in [6, 6.07) is 3.35. The van der Waals surface area contributed by atoms with Crippen LogP contribution >= 0.6 is 12.2 Å². The average molecular weight is 406 g/mol. The van der Waals surface area contributed by atoms with Gasteiger partial charge in [-0.2, -0.15) is 5.10 Å². The molecule has 1 aromatic heterocycles. The highest BCUT2D eigenvalue weighted by Crippen LogP contribution is 2.43. The molecule has 2 N–H and O–H groups in total. The van der Waals surface area contributed by atoms with E-state index in [0.717, 1.165) is 5.56 Å². The molecule has 1 aromatic carbocycles. The molecule has 0 saturated heterocycles. The maximum atomic E-state index is 12.7. The van der Waals surface area contributed by atoms with Crippen LogP contribution in [0.25, 0.3) is 0 Å². The maximum absolute atomic E-state index is 12.7. The van der Waals surface area contributed by atoms with Gasteiger partial charge in [0.1, 0.15) is 5.56 Å². The van der Waals surface area contributed by atoms with Gasteiger partial charge in [-0.25, -0.2) is 0 Å². The van der Waals surface area contributed by atoms with Crippen molar-refractivity contribution in [1.29, 1.82) is 0 Å². The Balaban J connectivity index is 2.02. The van der Waals surface area contributed by atoms with E-state index in [1.165, 1.54) is 16.2 Å². The van der Waals surface area contributed by atoms with Crippen LogP contribution in [0.5, 0.6) is 23.1 Å². The Morgan fingerprint density at radius 1 is 1.14 bits per heavy atom. The van der Waals surface area contributed by atoms with Gasteiger partial charge >= 0.3 is 0 Å². The van der Waals surface area contributed by atoms with Crippen LogP contribution in [-0.2, 0) is 14.1 Å². The number of hydrogen-bond donors (Lipinski definition) is 2. The lowest BCUT2D eigenvalue weighted by Crippen LogP contribution is -2.28. The number of nitrogens with zero attached hydrogens (tertiary/aromatic N) is 3. The lowest BCUT2D eigenvalue weighted by molar-refractivity contribution is 0.320. The van der Waals surface area contributed by atoms with E-state index >= 15 is 0 Å². The van der Waals surface area contributed by atoms with Crippen molar-refractivity contribution in [1.82, 2.24) is 14.6 Å². The van der Waals surface area contributed by atoms with Gasteiger partial charge in [0.25, 0.3) is 5.56 Å². The highest BCUT2D eigenvalue weighted by atomic mass is 32.1. The van der Waals surface area contributed by atoms with E-state index in [2.05, 4.69) is 10.5 Å². The predicted molar refractivity (Wildman–Crippen MR) is 106 cm³/mol. The van der Waals surface area contributed by atoms with Crippen molar-refractivity contribution in [2.75, 3.05) is 21.3 Å². The van der Waals surface area contributed by atoms with E-state index < -0.39 is 5.56 Å². The average Bonchev–Trinajstić information content (AvgIpc) is 3.18. The molecule has 150 valence electrons. The van der Waals surface area contributed by atoms with Crippen LogP contribution in [0.1, 0.15) is 23.6 Å². The van der Waals surface area contributed by atoms with E-state index in [9.17, 15) is 9.90 Å². The first kappa shape index (κ1) is 19.7. The monoisotopic (exact) mass is 406 g/mol. The summed E-state index contributed by atoms with van der Waals surface area (Å²) >= 11 is 5.16. The van der Waals surface area contributed by atoms with Crippen LogP contribution in [0.15, 0.2) is 22.0 Å². The number of ether oxygens (including phenoxy) is 3. The van der Waals surface area contributed by atoms with E-state index in [-0.39, 0.29) is 22.3 Å². The van der Waals surface area contributed by atoms with Gasteiger partial charge in [0.15, 0.2) is 16.3 Å². The Bertz CT molecular complexity index is 1070. The van der Waals surface area contributed by atoms with Crippen molar-refractivity contribution in [2.45, 2.75) is 12.5 Å². The molecule has 0 bridgehead atoms. The highest BCUT2D eigenvalue weighted by molar-refractivity contribution is 7.71. The molecule has 2 heterocycles. The molecule has 2 aromatic rings. The minimum Gasteiger partial charge on any atom is -0.494 e. The van der Waals surface area contributed by atoms with Crippen molar-refractivity contribution >= 4 is 17.9 Å². The fourth-order valence-electron chi connectivity index (χ4n) is 3.26. The molecule has 0 fully saturated rings. The second-order valence-electron chi connectivity index (χ2n) is 6.27. The zero-order valence-corrected chi connectivity index (χ0v) is 17.1. The normalized spacial score (nSPS) is 15.8. The largest absolute Gasteiger partial charge is 0.494 e. The van der Waals surface area contributed by atoms with Gasteiger partial charge in [0, 0.05) is 26.1 Å². The first-order chi connectivity index (χ1) is 13.3. The molecule has 1 aliphatic rings. The van der Waals surface area contributed by atoms with Crippen LogP contribution in [-0.4, -0.2) is 41.3 Å². The first-order valence-corrected chi connectivity index (χ1v) is 8.86. The molecule has 0 amide bonds. The zero-order valence-electron chi connectivity index (χ0n) is 16.3. The molecular weight excluding hydrogens is 384 g/mol. The van der Waals surface area contributed by atoms with Gasteiger partial charge in [-0.3, -0.25) is 13.9 Å². The minimum absolute atomic E-state index is 0.119. The fraction of sp³-hybridized carbons (Fsp3) is 0.389. The number of hydrogen-bond acceptors (Lipinski definition) is 8. The van der Waals surface area contributed by atoms with E-state index in [1.54, 1.807) is 34.4 Å². The molecule has 10 heteroatoms. The van der Waals surface area contributed by atoms with Gasteiger partial charge < -0.3 is 24.7 Å². The predicted octanol–water partition coefficient (Wildman–Crippen LogP) is 1.62. The van der Waals surface area contributed by atoms with Crippen molar-refractivity contribution in [3.63, 3.8) is 0 Å². The SMILES string of the molecule is COc1ccc([C@@H]2CC(c3c(O)n(C)c(=S)n(C)c3=O)=NN2)c(OC)c1OC. The van der Waals surface area contributed by atoms with Crippen LogP contribution in [0.2, 0.25) is 0 Å². The first-order valence-electron chi connectivity index (χ1n) is 8.45. The van der Waals surface area contributed by atoms with Gasteiger partial charge in [-0.05, 0) is 24.4 Å². The fourth-order valence-corrected chi connectivity index (χ4v) is 3.43. The molecule has 0 spiro atoms. The minimum atomic E-state index is -0.402. The van der Waals surface area contributed by atoms with Gasteiger partial charge in [-0.15, -0.1) is 0 Å². The van der Waals surface area contributed by atoms with Gasteiger partial charge in [-0.1, -0.05) is 0 Å². The number of hydrazone groups is 1. The molecule has 0 unspecified atom stereocenters. The highest BCUT2D eigenvalue weighted by Gasteiger charge is 2.30. The lowest BCUT2D eigenvalue weighted by atomic mass is 9.98. The molecule has 1 atom stereocenters. The van der Waals surface area contributed by atoms with Crippen molar-refractivity contribution < 1.29 is 19.3 Å². The zero-order chi connectivity index (χ0) is 20.6. The third-order valence-corrected chi connectivity index (χ3v) is 5.33. The van der Waals surface area contributed by atoms with Crippen LogP contribution in [0.3, 0.4) is 0 Å². The third-order valence-electron chi connectivity index (χ3n) is 4.79. The topological polar surface area (TPSA) is 99.2 Å². The number of aromatic nitrogens is 2. The van der Waals surface area contributed by atoms with Crippen molar-refractivity contribution in [3.8, 4) is 23.1 Å². The standard InChI is InChI=1S/C18H22N4O5S/c1-21-16(23)13(17(24)22(2)18(21)28)11-8-10(19-20-11)9-6-7-12(25-3)15(27-5)14(9)26-4/h6-7,10,19,23H,8H2,1-5H3/t10-/m0/s1. The summed E-state index contributed by atoms with van der Waals surface area (Å²) in [5, 5.41) is 14.8. The Morgan fingerprint density at radius 2 is 1.82 bits per heavy atom. The molecule has 3 rings (SSSR count). The number of aromatic hydroxyl groups is 1. The van der Waals surface area contributed by atoms with Crippen molar-refractivity contribution in [3.05, 3.63) is 38.4 Å². The summed E-state index contributed by atoms with van der Waals surface area (Å²) in [4.78, 5) is 12.7. The summed E-state index contributed by atoms with van der Waals surface area (Å²) in [6.07, 6.45) is 0.366. The maximum Gasteiger partial charge on any atom is 0.267 e. The number of benzene rings is 1. The van der Waals surface area contributed by atoms with Crippen LogP contribution < -0.4 is 25.2 Å².